The summed E-state index contributed by atoms with van der Waals surface area (Å²) in [4.78, 5) is 43.7. The van der Waals surface area contributed by atoms with Crippen molar-refractivity contribution in [1.29, 1.82) is 0 Å². The summed E-state index contributed by atoms with van der Waals surface area (Å²) >= 11 is 3.61. The van der Waals surface area contributed by atoms with Gasteiger partial charge in [-0.2, -0.15) is 0 Å². The second-order valence-electron chi connectivity index (χ2n) is 8.14. The largest absolute Gasteiger partial charge is 0.365 e. The van der Waals surface area contributed by atoms with Crippen LogP contribution in [-0.4, -0.2) is 38.9 Å². The van der Waals surface area contributed by atoms with Crippen molar-refractivity contribution in [2.45, 2.75) is 13.0 Å². The molecule has 12 heteroatoms. The fourth-order valence-electron chi connectivity index (χ4n) is 4.50. The van der Waals surface area contributed by atoms with Gasteiger partial charge in [0.15, 0.2) is 5.03 Å². The minimum absolute atomic E-state index is 0.262. The van der Waals surface area contributed by atoms with Crippen LogP contribution in [0, 0.1) is 10.1 Å². The molecule has 0 aliphatic carbocycles. The van der Waals surface area contributed by atoms with Crippen molar-refractivity contribution in [2.24, 2.45) is 10.7 Å². The average Bonchev–Trinajstić information content (AvgIpc) is 3.49. The van der Waals surface area contributed by atoms with Gasteiger partial charge in [-0.25, -0.2) is 15.1 Å². The zero-order valence-corrected chi connectivity index (χ0v) is 20.3. The SMILES string of the molecule is NC(=NCCCn1cc(C2=C(c3c[nH]c4ccccc34)C(=O)NC2=O)c2c(Br)cccc21)N[N+](=O)[O-]. The van der Waals surface area contributed by atoms with Gasteiger partial charge >= 0.3 is 0 Å². The number of nitrogens with one attached hydrogen (secondary N) is 3. The highest BCUT2D eigenvalue weighted by Gasteiger charge is 2.35. The van der Waals surface area contributed by atoms with E-state index in [1.807, 2.05) is 58.7 Å². The van der Waals surface area contributed by atoms with Crippen LogP contribution in [0.1, 0.15) is 17.5 Å². The topological polar surface area (TPSA) is 160 Å². The summed E-state index contributed by atoms with van der Waals surface area (Å²) < 4.78 is 2.75. The maximum Gasteiger partial charge on any atom is 0.259 e. The van der Waals surface area contributed by atoms with Crippen LogP contribution in [0.25, 0.3) is 33.0 Å². The number of H-pyrrole nitrogens is 1. The number of guanidine groups is 1. The summed E-state index contributed by atoms with van der Waals surface area (Å²) in [5.41, 5.74) is 10.9. The molecular weight excluding hydrogens is 530 g/mol. The highest BCUT2D eigenvalue weighted by atomic mass is 79.9. The number of halogens is 1. The third-order valence-corrected chi connectivity index (χ3v) is 6.62. The summed E-state index contributed by atoms with van der Waals surface area (Å²) in [6, 6.07) is 13.3. The lowest BCUT2D eigenvalue weighted by Crippen LogP contribution is -2.36. The molecule has 3 heterocycles. The first-order chi connectivity index (χ1) is 17.3. The van der Waals surface area contributed by atoms with Gasteiger partial charge in [0.05, 0.1) is 11.1 Å². The number of para-hydroxylation sites is 1. The first-order valence-corrected chi connectivity index (χ1v) is 11.8. The van der Waals surface area contributed by atoms with Gasteiger partial charge in [0.1, 0.15) is 0 Å². The van der Waals surface area contributed by atoms with E-state index in [0.717, 1.165) is 26.3 Å². The van der Waals surface area contributed by atoms with Crippen LogP contribution < -0.4 is 16.5 Å². The standard InChI is InChI=1S/C24H20BrN7O4/c25-16-6-3-8-18-19(16)15(12-31(18)10-4-9-27-24(26)30-32(35)36)21-20(22(33)29-23(21)34)14-11-28-17-7-2-1-5-13(14)17/h1-3,5-8,11-12,28H,4,9-10H2,(H3,26,27,30)(H,29,33,34). The van der Waals surface area contributed by atoms with E-state index in [0.29, 0.717) is 35.2 Å². The fraction of sp³-hybridized carbons (Fsp3) is 0.125. The fourth-order valence-corrected chi connectivity index (χ4v) is 5.07. The van der Waals surface area contributed by atoms with Gasteiger partial charge in [-0.1, -0.05) is 45.6 Å². The number of hydrogen-bond acceptors (Lipinski definition) is 5. The Bertz CT molecular complexity index is 1620. The predicted octanol–water partition coefficient (Wildman–Crippen LogP) is 2.94. The Kier molecular flexibility index (Phi) is 6.02. The van der Waals surface area contributed by atoms with E-state index in [9.17, 15) is 19.7 Å². The van der Waals surface area contributed by atoms with E-state index < -0.39 is 16.8 Å². The molecule has 0 unspecified atom stereocenters. The van der Waals surface area contributed by atoms with Crippen molar-refractivity contribution >= 4 is 66.7 Å². The Labute approximate surface area is 212 Å². The predicted molar refractivity (Wildman–Crippen MR) is 139 cm³/mol. The second-order valence-corrected chi connectivity index (χ2v) is 9.00. The van der Waals surface area contributed by atoms with E-state index >= 15 is 0 Å². The number of aromatic nitrogens is 2. The van der Waals surface area contributed by atoms with E-state index in [1.54, 1.807) is 6.20 Å². The van der Waals surface area contributed by atoms with Gasteiger partial charge in [-0.05, 0) is 24.6 Å². The molecule has 0 bridgehead atoms. The molecule has 36 heavy (non-hydrogen) atoms. The van der Waals surface area contributed by atoms with Crippen LogP contribution in [0.4, 0.5) is 0 Å². The van der Waals surface area contributed by atoms with Crippen molar-refractivity contribution in [3.05, 3.63) is 80.6 Å². The molecule has 2 aromatic carbocycles. The van der Waals surface area contributed by atoms with Gasteiger partial charge in [0.2, 0.25) is 0 Å². The van der Waals surface area contributed by atoms with Gasteiger partial charge in [-0.3, -0.25) is 14.9 Å². The van der Waals surface area contributed by atoms with E-state index in [-0.39, 0.29) is 12.5 Å². The van der Waals surface area contributed by atoms with Crippen LogP contribution in [0.2, 0.25) is 0 Å². The quantitative estimate of drug-likeness (QED) is 0.0691. The monoisotopic (exact) mass is 549 g/mol. The number of nitro groups is 1. The van der Waals surface area contributed by atoms with E-state index in [2.05, 4.69) is 31.2 Å². The third-order valence-electron chi connectivity index (χ3n) is 5.96. The number of imide groups is 1. The molecule has 1 aliphatic rings. The van der Waals surface area contributed by atoms with Gasteiger partial charge in [0.25, 0.3) is 17.8 Å². The zero-order valence-electron chi connectivity index (χ0n) is 18.7. The zero-order chi connectivity index (χ0) is 25.4. The second kappa shape index (κ2) is 9.30. The average molecular weight is 550 g/mol. The van der Waals surface area contributed by atoms with E-state index in [4.69, 9.17) is 5.73 Å². The number of hydrazine groups is 1. The Morgan fingerprint density at radius 2 is 1.86 bits per heavy atom. The molecule has 0 fully saturated rings. The number of carbonyl (C=O) groups excluding carboxylic acids is 2. The number of aromatic amines is 1. The number of aryl methyl sites for hydroxylation is 1. The lowest BCUT2D eigenvalue weighted by Gasteiger charge is -2.04. The summed E-state index contributed by atoms with van der Waals surface area (Å²) in [7, 11) is 0. The van der Waals surface area contributed by atoms with Crippen LogP contribution in [0.5, 0.6) is 0 Å². The normalized spacial score (nSPS) is 14.2. The Morgan fingerprint density at radius 3 is 2.64 bits per heavy atom. The van der Waals surface area contributed by atoms with Gasteiger partial charge < -0.3 is 15.3 Å². The first-order valence-electron chi connectivity index (χ1n) is 11.0. The van der Waals surface area contributed by atoms with Gasteiger partial charge in [0, 0.05) is 62.9 Å². The molecule has 5 rings (SSSR count). The number of benzene rings is 2. The van der Waals surface area contributed by atoms with Crippen molar-refractivity contribution < 1.29 is 14.6 Å². The molecule has 0 radical (unpaired) electrons. The Morgan fingerprint density at radius 1 is 1.11 bits per heavy atom. The van der Waals surface area contributed by atoms with Crippen molar-refractivity contribution in [3.8, 4) is 0 Å². The van der Waals surface area contributed by atoms with E-state index in [1.165, 1.54) is 0 Å². The molecule has 11 nitrogen and oxygen atoms in total. The summed E-state index contributed by atoms with van der Waals surface area (Å²) in [6.07, 6.45) is 4.13. The third kappa shape index (κ3) is 4.11. The maximum absolute atomic E-state index is 13.1. The summed E-state index contributed by atoms with van der Waals surface area (Å²) in [5, 5.41) is 13.8. The number of carbonyl (C=O) groups is 2. The molecule has 0 atom stereocenters. The number of hydrogen-bond donors (Lipinski definition) is 4. The number of fused-ring (bicyclic) bond motifs is 2. The maximum atomic E-state index is 13.1. The van der Waals surface area contributed by atoms with Crippen molar-refractivity contribution in [2.75, 3.05) is 6.54 Å². The number of amides is 2. The molecule has 0 saturated heterocycles. The Hall–Kier alpha value is -4.45. The van der Waals surface area contributed by atoms with Crippen molar-refractivity contribution in [3.63, 3.8) is 0 Å². The smallest absolute Gasteiger partial charge is 0.259 e. The molecule has 0 saturated carbocycles. The number of nitrogens with zero attached hydrogens (tertiary/aromatic N) is 3. The highest BCUT2D eigenvalue weighted by molar-refractivity contribution is 9.10. The molecule has 1 aliphatic heterocycles. The van der Waals surface area contributed by atoms with Crippen molar-refractivity contribution in [1.82, 2.24) is 20.3 Å². The lowest BCUT2D eigenvalue weighted by atomic mass is 9.95. The molecule has 5 N–H and O–H groups in total. The summed E-state index contributed by atoms with van der Waals surface area (Å²) in [6.45, 7) is 0.769. The molecule has 182 valence electrons. The summed E-state index contributed by atoms with van der Waals surface area (Å²) in [5.74, 6) is -1.18. The number of nitrogens with two attached hydrogens (primary N) is 1. The molecule has 2 aromatic heterocycles. The first kappa shape index (κ1) is 23.3. The number of rotatable bonds is 7. The molecular formula is C24H20BrN7O4. The molecule has 4 aromatic rings. The highest BCUT2D eigenvalue weighted by Crippen LogP contribution is 2.40. The van der Waals surface area contributed by atoms with Crippen LogP contribution in [0.15, 0.2) is 64.3 Å². The molecule has 2 amide bonds. The van der Waals surface area contributed by atoms with Crippen LogP contribution in [-0.2, 0) is 16.1 Å². The minimum Gasteiger partial charge on any atom is -0.365 e. The minimum atomic E-state index is -0.769. The molecule has 0 spiro atoms. The number of aliphatic imine (C=N–C) groups is 1. The Balaban J connectivity index is 1.59. The van der Waals surface area contributed by atoms with Gasteiger partial charge in [-0.15, -0.1) is 0 Å². The van der Waals surface area contributed by atoms with Crippen LogP contribution in [0.3, 0.4) is 0 Å². The lowest BCUT2D eigenvalue weighted by molar-refractivity contribution is -0.525. The van der Waals surface area contributed by atoms with Crippen LogP contribution >= 0.6 is 15.9 Å².